The van der Waals surface area contributed by atoms with Crippen molar-refractivity contribution in [3.63, 3.8) is 0 Å². The van der Waals surface area contributed by atoms with Gasteiger partial charge in [0.05, 0.1) is 6.20 Å². The van der Waals surface area contributed by atoms with E-state index in [1.54, 1.807) is 14.1 Å². The Labute approximate surface area is 138 Å². The molecule has 0 saturated carbocycles. The van der Waals surface area contributed by atoms with Gasteiger partial charge >= 0.3 is 0 Å². The molecule has 1 aromatic heterocycles. The van der Waals surface area contributed by atoms with Gasteiger partial charge < -0.3 is 10.2 Å². The highest BCUT2D eigenvalue weighted by molar-refractivity contribution is 6.08. The Bertz CT molecular complexity index is 895. The third-order valence-electron chi connectivity index (χ3n) is 3.61. The molecule has 1 heterocycles. The van der Waals surface area contributed by atoms with Crippen LogP contribution in [0, 0.1) is 0 Å². The zero-order valence-corrected chi connectivity index (χ0v) is 13.4. The van der Waals surface area contributed by atoms with Gasteiger partial charge in [0.2, 0.25) is 5.91 Å². The molecule has 0 unspecified atom stereocenters. The van der Waals surface area contributed by atoms with Gasteiger partial charge in [-0.3, -0.25) is 9.59 Å². The normalized spacial score (nSPS) is 10.6. The molecule has 0 radical (unpaired) electrons. The average molecular weight is 323 g/mol. The van der Waals surface area contributed by atoms with Crippen molar-refractivity contribution >= 4 is 28.3 Å². The van der Waals surface area contributed by atoms with Gasteiger partial charge in [0, 0.05) is 25.2 Å². The lowest BCUT2D eigenvalue weighted by molar-refractivity contribution is -0.129. The maximum Gasteiger partial charge on any atom is 0.277 e. The molecular weight excluding hydrogens is 306 g/mol. The fraction of sp³-hybridized carbons (Fsp3) is 0.176. The largest absolute Gasteiger partial charge is 0.347 e. The summed E-state index contributed by atoms with van der Waals surface area (Å²) in [7, 11) is 3.32. The number of carbonyl (C=O) groups excluding carboxylic acids is 2. The summed E-state index contributed by atoms with van der Waals surface area (Å²) in [6.07, 6.45) is 1.46. The van der Waals surface area contributed by atoms with Crippen LogP contribution in [-0.2, 0) is 11.3 Å². The Morgan fingerprint density at radius 1 is 1.12 bits per heavy atom. The topological polar surface area (TPSA) is 80.1 Å². The summed E-state index contributed by atoms with van der Waals surface area (Å²) < 4.78 is 1.35. The number of hydrogen-bond donors (Lipinski definition) is 1. The van der Waals surface area contributed by atoms with E-state index in [0.29, 0.717) is 5.69 Å². The second-order valence-electron chi connectivity index (χ2n) is 5.57. The highest BCUT2D eigenvalue weighted by Gasteiger charge is 2.14. The summed E-state index contributed by atoms with van der Waals surface area (Å²) in [5, 5.41) is 12.5. The van der Waals surface area contributed by atoms with Crippen molar-refractivity contribution < 1.29 is 9.59 Å². The summed E-state index contributed by atoms with van der Waals surface area (Å²) in [6.45, 7) is 0.0432. The molecule has 0 aliphatic carbocycles. The van der Waals surface area contributed by atoms with Crippen molar-refractivity contribution in [2.24, 2.45) is 0 Å². The highest BCUT2D eigenvalue weighted by atomic mass is 16.2. The number of aromatic nitrogens is 3. The molecule has 1 N–H and O–H groups in total. The maximum absolute atomic E-state index is 12.4. The Hall–Kier alpha value is -3.22. The Kier molecular flexibility index (Phi) is 4.24. The Morgan fingerprint density at radius 2 is 1.88 bits per heavy atom. The van der Waals surface area contributed by atoms with E-state index in [2.05, 4.69) is 15.6 Å². The number of fused-ring (bicyclic) bond motifs is 1. The third-order valence-corrected chi connectivity index (χ3v) is 3.61. The number of nitrogens with one attached hydrogen (secondary N) is 1. The average Bonchev–Trinajstić information content (AvgIpc) is 3.03. The van der Waals surface area contributed by atoms with Crippen LogP contribution in [0.3, 0.4) is 0 Å². The molecule has 0 spiro atoms. The molecule has 0 saturated heterocycles. The Morgan fingerprint density at radius 3 is 2.67 bits per heavy atom. The van der Waals surface area contributed by atoms with Gasteiger partial charge in [-0.25, -0.2) is 4.68 Å². The number of anilines is 1. The van der Waals surface area contributed by atoms with Crippen LogP contribution in [-0.4, -0.2) is 45.8 Å². The van der Waals surface area contributed by atoms with Gasteiger partial charge in [-0.15, -0.1) is 5.10 Å². The number of nitrogens with zero attached hydrogens (tertiary/aromatic N) is 4. The highest BCUT2D eigenvalue weighted by Crippen LogP contribution is 2.23. The molecule has 0 aliphatic heterocycles. The third kappa shape index (κ3) is 3.24. The number of carbonyl (C=O) groups is 2. The summed E-state index contributed by atoms with van der Waals surface area (Å²) in [5.74, 6) is -0.490. The van der Waals surface area contributed by atoms with Gasteiger partial charge in [0.15, 0.2) is 5.69 Å². The lowest BCUT2D eigenvalue weighted by Crippen LogP contribution is -2.26. The van der Waals surface area contributed by atoms with Crippen LogP contribution in [0.25, 0.3) is 10.8 Å². The van der Waals surface area contributed by atoms with Crippen molar-refractivity contribution in [2.75, 3.05) is 19.4 Å². The minimum atomic E-state index is -0.366. The number of amides is 2. The standard InChI is InChI=1S/C17H17N5O2/c1-21(2)16(23)11-22-10-15(19-20-22)17(24)18-14-9-5-7-12-6-3-4-8-13(12)14/h3-10H,11H2,1-2H3,(H,18,24). The van der Waals surface area contributed by atoms with E-state index in [4.69, 9.17) is 0 Å². The van der Waals surface area contributed by atoms with Crippen LogP contribution in [0.1, 0.15) is 10.5 Å². The fourth-order valence-corrected chi connectivity index (χ4v) is 2.28. The number of rotatable bonds is 4. The lowest BCUT2D eigenvalue weighted by atomic mass is 10.1. The molecule has 3 aromatic rings. The van der Waals surface area contributed by atoms with E-state index < -0.39 is 0 Å². The summed E-state index contributed by atoms with van der Waals surface area (Å²) in [6, 6.07) is 13.5. The first-order valence-electron chi connectivity index (χ1n) is 7.44. The zero-order chi connectivity index (χ0) is 17.1. The minimum absolute atomic E-state index is 0.0432. The molecule has 7 nitrogen and oxygen atoms in total. The van der Waals surface area contributed by atoms with Crippen molar-refractivity contribution in [3.8, 4) is 0 Å². The first-order chi connectivity index (χ1) is 11.5. The molecule has 122 valence electrons. The lowest BCUT2D eigenvalue weighted by Gasteiger charge is -2.09. The van der Waals surface area contributed by atoms with Gasteiger partial charge in [-0.2, -0.15) is 0 Å². The van der Waals surface area contributed by atoms with E-state index in [-0.39, 0.29) is 24.1 Å². The quantitative estimate of drug-likeness (QED) is 0.793. The zero-order valence-electron chi connectivity index (χ0n) is 13.4. The van der Waals surface area contributed by atoms with E-state index in [9.17, 15) is 9.59 Å². The van der Waals surface area contributed by atoms with E-state index in [1.807, 2.05) is 42.5 Å². The number of hydrogen-bond acceptors (Lipinski definition) is 4. The predicted molar refractivity (Wildman–Crippen MR) is 90.6 cm³/mol. The van der Waals surface area contributed by atoms with Gasteiger partial charge in [0.1, 0.15) is 6.54 Å². The first-order valence-corrected chi connectivity index (χ1v) is 7.44. The van der Waals surface area contributed by atoms with Crippen LogP contribution < -0.4 is 5.32 Å². The van der Waals surface area contributed by atoms with E-state index >= 15 is 0 Å². The van der Waals surface area contributed by atoms with E-state index in [1.165, 1.54) is 15.8 Å². The molecule has 0 bridgehead atoms. The number of benzene rings is 2. The molecular formula is C17H17N5O2. The monoisotopic (exact) mass is 323 g/mol. The molecule has 2 aromatic carbocycles. The van der Waals surface area contributed by atoms with Crippen molar-refractivity contribution in [2.45, 2.75) is 6.54 Å². The minimum Gasteiger partial charge on any atom is -0.347 e. The number of likely N-dealkylation sites (N-methyl/N-ethyl adjacent to an activating group) is 1. The van der Waals surface area contributed by atoms with Crippen LogP contribution in [0.4, 0.5) is 5.69 Å². The van der Waals surface area contributed by atoms with Crippen molar-refractivity contribution in [3.05, 3.63) is 54.4 Å². The van der Waals surface area contributed by atoms with Gasteiger partial charge in [-0.05, 0) is 11.5 Å². The summed E-state index contributed by atoms with van der Waals surface area (Å²) >= 11 is 0. The molecule has 7 heteroatoms. The summed E-state index contributed by atoms with van der Waals surface area (Å²) in [5.41, 5.74) is 0.867. The van der Waals surface area contributed by atoms with Crippen molar-refractivity contribution in [1.82, 2.24) is 19.9 Å². The van der Waals surface area contributed by atoms with Crippen molar-refractivity contribution in [1.29, 1.82) is 0 Å². The first kappa shape index (κ1) is 15.7. The molecule has 0 fully saturated rings. The molecule has 2 amide bonds. The van der Waals surface area contributed by atoms with Gasteiger partial charge in [0.25, 0.3) is 5.91 Å². The SMILES string of the molecule is CN(C)C(=O)Cn1cc(C(=O)Nc2cccc3ccccc23)nn1. The maximum atomic E-state index is 12.4. The van der Waals surface area contributed by atoms with E-state index in [0.717, 1.165) is 10.8 Å². The van der Waals surface area contributed by atoms with Crippen LogP contribution in [0.15, 0.2) is 48.7 Å². The second kappa shape index (κ2) is 6.49. The second-order valence-corrected chi connectivity index (χ2v) is 5.57. The molecule has 24 heavy (non-hydrogen) atoms. The van der Waals surface area contributed by atoms with Crippen LogP contribution >= 0.6 is 0 Å². The molecule has 3 rings (SSSR count). The van der Waals surface area contributed by atoms with Crippen LogP contribution in [0.5, 0.6) is 0 Å². The molecule has 0 aliphatic rings. The van der Waals surface area contributed by atoms with Crippen LogP contribution in [0.2, 0.25) is 0 Å². The van der Waals surface area contributed by atoms with Gasteiger partial charge in [-0.1, -0.05) is 41.6 Å². The fourth-order valence-electron chi connectivity index (χ4n) is 2.28. The summed E-state index contributed by atoms with van der Waals surface area (Å²) in [4.78, 5) is 25.5. The smallest absolute Gasteiger partial charge is 0.277 e. The Balaban J connectivity index is 1.78. The predicted octanol–water partition coefficient (Wildman–Crippen LogP) is 1.77. The molecule has 0 atom stereocenters.